The zero-order valence-corrected chi connectivity index (χ0v) is 20.2. The highest BCUT2D eigenvalue weighted by molar-refractivity contribution is 7.89. The van der Waals surface area contributed by atoms with Crippen LogP contribution in [0.3, 0.4) is 0 Å². The van der Waals surface area contributed by atoms with Gasteiger partial charge in [0.15, 0.2) is 0 Å². The molecule has 0 spiro atoms. The zero-order chi connectivity index (χ0) is 24.7. The van der Waals surface area contributed by atoms with Crippen LogP contribution in [0.2, 0.25) is 0 Å². The minimum absolute atomic E-state index is 0.00999. The van der Waals surface area contributed by atoms with Crippen LogP contribution in [0, 0.1) is 17.7 Å². The molecule has 1 aliphatic rings. The first kappa shape index (κ1) is 25.8. The fourth-order valence-corrected chi connectivity index (χ4v) is 5.43. The minimum atomic E-state index is -3.85. The molecule has 0 unspecified atom stereocenters. The summed E-state index contributed by atoms with van der Waals surface area (Å²) >= 11 is 0. The van der Waals surface area contributed by atoms with Gasteiger partial charge in [-0.2, -0.15) is 4.31 Å². The van der Waals surface area contributed by atoms with E-state index >= 15 is 0 Å². The van der Waals surface area contributed by atoms with Crippen molar-refractivity contribution in [1.29, 1.82) is 0 Å². The molecule has 8 nitrogen and oxygen atoms in total. The molecule has 184 valence electrons. The van der Waals surface area contributed by atoms with Crippen molar-refractivity contribution in [2.75, 3.05) is 13.1 Å². The maximum absolute atomic E-state index is 13.2. The summed E-state index contributed by atoms with van der Waals surface area (Å²) in [6, 6.07) is 7.54. The Balaban J connectivity index is 1.66. The molecule has 0 aliphatic carbocycles. The largest absolute Gasteiger partial charge is 0.350 e. The monoisotopic (exact) mass is 490 g/mol. The van der Waals surface area contributed by atoms with Crippen molar-refractivity contribution in [3.63, 3.8) is 0 Å². The number of pyridine rings is 1. The normalized spacial score (nSPS) is 18.6. The summed E-state index contributed by atoms with van der Waals surface area (Å²) in [5, 5.41) is 5.71. The number of carbonyl (C=O) groups is 2. The van der Waals surface area contributed by atoms with Gasteiger partial charge in [0.2, 0.25) is 21.8 Å². The Morgan fingerprint density at radius 2 is 1.97 bits per heavy atom. The van der Waals surface area contributed by atoms with Crippen LogP contribution in [0.5, 0.6) is 0 Å². The van der Waals surface area contributed by atoms with E-state index in [-0.39, 0.29) is 35.7 Å². The third kappa shape index (κ3) is 6.38. The smallest absolute Gasteiger partial charge is 0.243 e. The third-order valence-corrected chi connectivity index (χ3v) is 8.07. The van der Waals surface area contributed by atoms with E-state index in [1.165, 1.54) is 16.4 Å². The van der Waals surface area contributed by atoms with E-state index < -0.39 is 27.8 Å². The molecule has 0 saturated carbocycles. The lowest BCUT2D eigenvalue weighted by molar-refractivity contribution is -0.133. The van der Waals surface area contributed by atoms with Gasteiger partial charge in [-0.25, -0.2) is 12.8 Å². The van der Waals surface area contributed by atoms with Crippen LogP contribution >= 0.6 is 0 Å². The zero-order valence-electron chi connectivity index (χ0n) is 19.4. The van der Waals surface area contributed by atoms with Crippen LogP contribution in [-0.4, -0.2) is 48.7 Å². The van der Waals surface area contributed by atoms with Gasteiger partial charge in [-0.1, -0.05) is 26.3 Å². The first-order chi connectivity index (χ1) is 16.2. The number of rotatable bonds is 9. The first-order valence-electron chi connectivity index (χ1n) is 11.4. The second kappa shape index (κ2) is 11.5. The number of halogens is 1. The van der Waals surface area contributed by atoms with Crippen molar-refractivity contribution in [2.24, 2.45) is 11.8 Å². The summed E-state index contributed by atoms with van der Waals surface area (Å²) in [5.41, 5.74) is 0.846. The summed E-state index contributed by atoms with van der Waals surface area (Å²) in [6.07, 6.45) is 5.03. The van der Waals surface area contributed by atoms with Crippen LogP contribution in [0.1, 0.15) is 38.7 Å². The van der Waals surface area contributed by atoms with E-state index in [1.807, 2.05) is 19.9 Å². The standard InChI is InChI=1S/C24H31FN4O4S/c1-3-17(2)22(24(31)27-15-18-6-4-12-26-14-18)28-23(30)19-7-5-13-29(16-19)34(32,33)21-10-8-20(25)9-11-21/h4,6,8-12,14,17,19,22H,3,5,7,13,15-16H2,1-2H3,(H,27,31)(H,28,30)/t17-,19-,22-/m0/s1. The van der Waals surface area contributed by atoms with Gasteiger partial charge >= 0.3 is 0 Å². The fourth-order valence-electron chi connectivity index (χ4n) is 3.91. The SMILES string of the molecule is CC[C@H](C)[C@H](NC(=O)[C@H]1CCCN(S(=O)(=O)c2ccc(F)cc2)C1)C(=O)NCc1cccnc1. The molecular formula is C24H31FN4O4S. The van der Waals surface area contributed by atoms with Crippen molar-refractivity contribution >= 4 is 21.8 Å². The van der Waals surface area contributed by atoms with Crippen molar-refractivity contribution < 1.29 is 22.4 Å². The van der Waals surface area contributed by atoms with Gasteiger partial charge in [0.05, 0.1) is 10.8 Å². The summed E-state index contributed by atoms with van der Waals surface area (Å²) < 4.78 is 40.4. The maximum Gasteiger partial charge on any atom is 0.243 e. The van der Waals surface area contributed by atoms with Crippen LogP contribution < -0.4 is 10.6 Å². The number of hydrogen-bond acceptors (Lipinski definition) is 5. The summed E-state index contributed by atoms with van der Waals surface area (Å²) in [7, 11) is -3.85. The lowest BCUT2D eigenvalue weighted by Crippen LogP contribution is -2.53. The lowest BCUT2D eigenvalue weighted by atomic mass is 9.94. The molecular weight excluding hydrogens is 459 g/mol. The Morgan fingerprint density at radius 3 is 2.62 bits per heavy atom. The Bertz CT molecular complexity index is 1080. The summed E-state index contributed by atoms with van der Waals surface area (Å²) in [6.45, 7) is 4.42. The first-order valence-corrected chi connectivity index (χ1v) is 12.9. The number of aromatic nitrogens is 1. The Kier molecular flexibility index (Phi) is 8.73. The van der Waals surface area contributed by atoms with E-state index in [9.17, 15) is 22.4 Å². The van der Waals surface area contributed by atoms with Gasteiger partial charge in [-0.15, -0.1) is 0 Å². The predicted octanol–water partition coefficient (Wildman–Crippen LogP) is 2.47. The molecule has 1 aromatic heterocycles. The molecule has 3 rings (SSSR count). The number of nitrogens with zero attached hydrogens (tertiary/aromatic N) is 2. The van der Waals surface area contributed by atoms with Crippen molar-refractivity contribution in [1.82, 2.24) is 19.9 Å². The van der Waals surface area contributed by atoms with Gasteiger partial charge in [-0.05, 0) is 54.7 Å². The van der Waals surface area contributed by atoms with Crippen molar-refractivity contribution in [2.45, 2.75) is 50.6 Å². The average molecular weight is 491 g/mol. The molecule has 0 bridgehead atoms. The number of sulfonamides is 1. The van der Waals surface area contributed by atoms with Crippen LogP contribution in [0.15, 0.2) is 53.7 Å². The summed E-state index contributed by atoms with van der Waals surface area (Å²) in [4.78, 5) is 30.0. The van der Waals surface area contributed by atoms with Crippen LogP contribution in [0.4, 0.5) is 4.39 Å². The van der Waals surface area contributed by atoms with E-state index in [0.29, 0.717) is 25.8 Å². The van der Waals surface area contributed by atoms with Gasteiger partial charge in [0, 0.05) is 32.0 Å². The number of carbonyl (C=O) groups excluding carboxylic acids is 2. The van der Waals surface area contributed by atoms with E-state index in [2.05, 4.69) is 15.6 Å². The van der Waals surface area contributed by atoms with Gasteiger partial charge < -0.3 is 10.6 Å². The van der Waals surface area contributed by atoms with Crippen LogP contribution in [0.25, 0.3) is 0 Å². The van der Waals surface area contributed by atoms with Crippen LogP contribution in [-0.2, 0) is 26.2 Å². The Morgan fingerprint density at radius 1 is 1.24 bits per heavy atom. The molecule has 3 atom stereocenters. The quantitative estimate of drug-likeness (QED) is 0.561. The number of hydrogen-bond donors (Lipinski definition) is 2. The molecule has 2 N–H and O–H groups in total. The highest BCUT2D eigenvalue weighted by atomic mass is 32.2. The fraction of sp³-hybridized carbons (Fsp3) is 0.458. The van der Waals surface area contributed by atoms with E-state index in [0.717, 1.165) is 17.7 Å². The maximum atomic E-state index is 13.2. The molecule has 1 aliphatic heterocycles. The lowest BCUT2D eigenvalue weighted by Gasteiger charge is -2.32. The van der Waals surface area contributed by atoms with E-state index in [4.69, 9.17) is 0 Å². The molecule has 1 fully saturated rings. The number of piperidine rings is 1. The number of benzene rings is 1. The number of amides is 2. The second-order valence-corrected chi connectivity index (χ2v) is 10.5. The molecule has 10 heteroatoms. The van der Waals surface area contributed by atoms with Crippen molar-refractivity contribution in [3.8, 4) is 0 Å². The molecule has 2 amide bonds. The third-order valence-electron chi connectivity index (χ3n) is 6.19. The predicted molar refractivity (Wildman–Crippen MR) is 125 cm³/mol. The molecule has 34 heavy (non-hydrogen) atoms. The molecule has 0 radical (unpaired) electrons. The van der Waals surface area contributed by atoms with E-state index in [1.54, 1.807) is 18.5 Å². The number of nitrogens with one attached hydrogen (secondary N) is 2. The molecule has 1 saturated heterocycles. The van der Waals surface area contributed by atoms with Gasteiger partial charge in [0.25, 0.3) is 0 Å². The summed E-state index contributed by atoms with van der Waals surface area (Å²) in [5.74, 6) is -1.85. The molecule has 2 aromatic rings. The second-order valence-electron chi connectivity index (χ2n) is 8.61. The topological polar surface area (TPSA) is 108 Å². The molecule has 1 aromatic carbocycles. The average Bonchev–Trinajstić information content (AvgIpc) is 2.86. The highest BCUT2D eigenvalue weighted by Crippen LogP contribution is 2.24. The van der Waals surface area contributed by atoms with Gasteiger partial charge in [-0.3, -0.25) is 14.6 Å². The molecule has 2 heterocycles. The Labute approximate surface area is 200 Å². The van der Waals surface area contributed by atoms with Crippen molar-refractivity contribution in [3.05, 3.63) is 60.2 Å². The minimum Gasteiger partial charge on any atom is -0.350 e. The Hall–Kier alpha value is -2.85. The highest BCUT2D eigenvalue weighted by Gasteiger charge is 2.35. The van der Waals surface area contributed by atoms with Gasteiger partial charge in [0.1, 0.15) is 11.9 Å².